The molecule has 1 aromatic heterocycles. The van der Waals surface area contributed by atoms with E-state index in [-0.39, 0.29) is 5.91 Å². The summed E-state index contributed by atoms with van der Waals surface area (Å²) in [4.78, 5) is 17.1. The number of nitrogens with one attached hydrogen (secondary N) is 1. The van der Waals surface area contributed by atoms with E-state index >= 15 is 0 Å². The van der Waals surface area contributed by atoms with Crippen molar-refractivity contribution < 1.29 is 9.53 Å². The van der Waals surface area contributed by atoms with Crippen LogP contribution in [-0.4, -0.2) is 28.1 Å². The van der Waals surface area contributed by atoms with Gasteiger partial charge in [0.1, 0.15) is 5.75 Å². The lowest BCUT2D eigenvalue weighted by molar-refractivity contribution is -0.125. The molecule has 0 aliphatic rings. The smallest absolute Gasteiger partial charge is 0.272 e. The van der Waals surface area contributed by atoms with Crippen molar-refractivity contribution in [2.45, 2.75) is 45.1 Å². The van der Waals surface area contributed by atoms with Gasteiger partial charge in [-0.15, -0.1) is 17.7 Å². The SMILES string of the molecule is CC#CC(C)(CC)NC(=O)C(Oc1cc(C)c2ncc(Br)cc2c1)SC. The van der Waals surface area contributed by atoms with Crippen molar-refractivity contribution in [3.05, 3.63) is 34.4 Å². The number of benzene rings is 1. The van der Waals surface area contributed by atoms with E-state index in [1.165, 1.54) is 11.8 Å². The molecule has 1 amide bonds. The molecule has 0 aliphatic heterocycles. The Morgan fingerprint density at radius 1 is 1.46 bits per heavy atom. The molecule has 1 N–H and O–H groups in total. The van der Waals surface area contributed by atoms with Gasteiger partial charge in [0, 0.05) is 16.1 Å². The van der Waals surface area contributed by atoms with Crippen LogP contribution in [0, 0.1) is 18.8 Å². The molecule has 0 spiro atoms. The summed E-state index contributed by atoms with van der Waals surface area (Å²) >= 11 is 4.79. The Labute approximate surface area is 167 Å². The Morgan fingerprint density at radius 3 is 2.81 bits per heavy atom. The third-order valence-corrected chi connectivity index (χ3v) is 5.26. The van der Waals surface area contributed by atoms with E-state index in [9.17, 15) is 4.79 Å². The number of carbonyl (C=O) groups is 1. The van der Waals surface area contributed by atoms with Gasteiger partial charge in [-0.3, -0.25) is 9.78 Å². The van der Waals surface area contributed by atoms with Crippen LogP contribution in [-0.2, 0) is 4.79 Å². The number of hydrogen-bond donors (Lipinski definition) is 1. The minimum atomic E-state index is -0.656. The van der Waals surface area contributed by atoms with Crippen LogP contribution in [0.15, 0.2) is 28.9 Å². The second kappa shape index (κ2) is 8.79. The molecule has 0 saturated carbocycles. The van der Waals surface area contributed by atoms with Gasteiger partial charge in [-0.25, -0.2) is 0 Å². The predicted molar refractivity (Wildman–Crippen MR) is 112 cm³/mol. The molecule has 0 bridgehead atoms. The van der Waals surface area contributed by atoms with Gasteiger partial charge in [-0.05, 0) is 73.1 Å². The van der Waals surface area contributed by atoms with Gasteiger partial charge in [0.05, 0.1) is 11.1 Å². The molecule has 26 heavy (non-hydrogen) atoms. The molecule has 0 saturated heterocycles. The van der Waals surface area contributed by atoms with Crippen molar-refractivity contribution in [3.8, 4) is 17.6 Å². The number of aromatic nitrogens is 1. The molecule has 2 aromatic rings. The Balaban J connectivity index is 2.25. The molecule has 4 nitrogen and oxygen atoms in total. The Hall–Kier alpha value is -1.71. The number of aryl methyl sites for hydroxylation is 1. The fourth-order valence-corrected chi connectivity index (χ4v) is 3.42. The number of rotatable bonds is 6. The van der Waals surface area contributed by atoms with Crippen molar-refractivity contribution in [1.82, 2.24) is 10.3 Å². The average molecular weight is 435 g/mol. The molecule has 2 unspecified atom stereocenters. The number of fused-ring (bicyclic) bond motifs is 1. The molecular weight excluding hydrogens is 412 g/mol. The van der Waals surface area contributed by atoms with Crippen molar-refractivity contribution in [1.29, 1.82) is 0 Å². The van der Waals surface area contributed by atoms with Crippen LogP contribution in [0.5, 0.6) is 5.75 Å². The van der Waals surface area contributed by atoms with Gasteiger partial charge in [0.2, 0.25) is 5.44 Å². The molecule has 138 valence electrons. The monoisotopic (exact) mass is 434 g/mol. The first-order chi connectivity index (χ1) is 12.3. The summed E-state index contributed by atoms with van der Waals surface area (Å²) in [6, 6.07) is 5.80. The van der Waals surface area contributed by atoms with Crippen molar-refractivity contribution >= 4 is 44.5 Å². The van der Waals surface area contributed by atoms with Gasteiger partial charge < -0.3 is 10.1 Å². The van der Waals surface area contributed by atoms with Crippen LogP contribution in [0.25, 0.3) is 10.9 Å². The zero-order chi connectivity index (χ0) is 19.3. The largest absolute Gasteiger partial charge is 0.470 e. The summed E-state index contributed by atoms with van der Waals surface area (Å²) in [7, 11) is 0. The van der Waals surface area contributed by atoms with Crippen LogP contribution >= 0.6 is 27.7 Å². The van der Waals surface area contributed by atoms with Gasteiger partial charge in [-0.1, -0.05) is 12.8 Å². The number of nitrogens with zero attached hydrogens (tertiary/aromatic N) is 1. The van der Waals surface area contributed by atoms with Crippen molar-refractivity contribution in [2.75, 3.05) is 6.26 Å². The molecule has 2 rings (SSSR count). The molecule has 1 aromatic carbocycles. The van der Waals surface area contributed by atoms with Gasteiger partial charge in [-0.2, -0.15) is 0 Å². The predicted octanol–water partition coefficient (Wildman–Crippen LogP) is 4.68. The van der Waals surface area contributed by atoms with E-state index in [0.717, 1.165) is 27.4 Å². The third kappa shape index (κ3) is 4.93. The van der Waals surface area contributed by atoms with E-state index in [4.69, 9.17) is 4.74 Å². The maximum Gasteiger partial charge on any atom is 0.272 e. The summed E-state index contributed by atoms with van der Waals surface area (Å²) < 4.78 is 6.88. The first kappa shape index (κ1) is 20.6. The lowest BCUT2D eigenvalue weighted by Crippen LogP contribution is -2.49. The number of thioether (sulfide) groups is 1. The first-order valence-corrected chi connectivity index (χ1v) is 10.4. The molecular formula is C20H23BrN2O2S. The highest BCUT2D eigenvalue weighted by atomic mass is 79.9. The van der Waals surface area contributed by atoms with Gasteiger partial charge in [0.25, 0.3) is 5.91 Å². The maximum atomic E-state index is 12.7. The number of halogens is 1. The average Bonchev–Trinajstić information content (AvgIpc) is 2.59. The standard InChI is InChI=1S/C20H23BrN2O2S/c1-6-8-20(4,7-2)23-18(24)19(26-5)25-16-9-13(3)17-14(11-16)10-15(21)12-22-17/h9-12,19H,7H2,1-5H3,(H,23,24). The topological polar surface area (TPSA) is 51.2 Å². The van der Waals surface area contributed by atoms with E-state index in [0.29, 0.717) is 5.75 Å². The normalized spacial score (nSPS) is 14.1. The second-order valence-electron chi connectivity index (χ2n) is 6.20. The Bertz CT molecular complexity index is 875. The summed E-state index contributed by atoms with van der Waals surface area (Å²) in [6.07, 6.45) is 4.34. The van der Waals surface area contributed by atoms with E-state index in [1.54, 1.807) is 13.1 Å². The molecule has 2 atom stereocenters. The highest BCUT2D eigenvalue weighted by molar-refractivity contribution is 9.10. The van der Waals surface area contributed by atoms with Gasteiger partial charge >= 0.3 is 0 Å². The minimum absolute atomic E-state index is 0.185. The molecule has 0 radical (unpaired) electrons. The third-order valence-electron chi connectivity index (χ3n) is 4.09. The number of carbonyl (C=O) groups excluding carboxylic acids is 1. The summed E-state index contributed by atoms with van der Waals surface area (Å²) in [5, 5.41) is 3.96. The summed E-state index contributed by atoms with van der Waals surface area (Å²) in [6.45, 7) is 7.67. The molecule has 0 fully saturated rings. The van der Waals surface area contributed by atoms with Crippen LogP contribution < -0.4 is 10.1 Å². The van der Waals surface area contributed by atoms with Crippen LogP contribution in [0.1, 0.15) is 32.8 Å². The zero-order valence-corrected chi connectivity index (χ0v) is 18.0. The van der Waals surface area contributed by atoms with Crippen LogP contribution in [0.2, 0.25) is 0 Å². The number of ether oxygens (including phenoxy) is 1. The maximum absolute atomic E-state index is 12.7. The number of amides is 1. The number of pyridine rings is 1. The fourth-order valence-electron chi connectivity index (χ4n) is 2.59. The molecule has 6 heteroatoms. The van der Waals surface area contributed by atoms with Crippen molar-refractivity contribution in [2.24, 2.45) is 0 Å². The Kier molecular flexibility index (Phi) is 6.96. The summed E-state index contributed by atoms with van der Waals surface area (Å²) in [5.74, 6) is 6.40. The first-order valence-electron chi connectivity index (χ1n) is 8.33. The van der Waals surface area contributed by atoms with E-state index < -0.39 is 11.0 Å². The van der Waals surface area contributed by atoms with Crippen LogP contribution in [0.3, 0.4) is 0 Å². The number of hydrogen-bond acceptors (Lipinski definition) is 4. The zero-order valence-electron chi connectivity index (χ0n) is 15.6. The lowest BCUT2D eigenvalue weighted by Gasteiger charge is -2.26. The van der Waals surface area contributed by atoms with Crippen molar-refractivity contribution in [3.63, 3.8) is 0 Å². The second-order valence-corrected chi connectivity index (χ2v) is 8.02. The summed E-state index contributed by atoms with van der Waals surface area (Å²) in [5.41, 5.74) is 0.705. The van der Waals surface area contributed by atoms with Gasteiger partial charge in [0.15, 0.2) is 0 Å². The molecule has 1 heterocycles. The highest BCUT2D eigenvalue weighted by Gasteiger charge is 2.27. The van der Waals surface area contributed by atoms with E-state index in [1.807, 2.05) is 45.2 Å². The quantitative estimate of drug-likeness (QED) is 0.529. The minimum Gasteiger partial charge on any atom is -0.470 e. The Morgan fingerprint density at radius 2 is 2.19 bits per heavy atom. The molecule has 0 aliphatic carbocycles. The lowest BCUT2D eigenvalue weighted by atomic mass is 10.00. The van der Waals surface area contributed by atoms with E-state index in [2.05, 4.69) is 38.1 Å². The highest BCUT2D eigenvalue weighted by Crippen LogP contribution is 2.27. The van der Waals surface area contributed by atoms with Crippen LogP contribution in [0.4, 0.5) is 0 Å². The fraction of sp³-hybridized carbons (Fsp3) is 0.400.